The number of carbonyl (C=O) groups is 1. The maximum atomic E-state index is 12.5. The lowest BCUT2D eigenvalue weighted by Gasteiger charge is -2.38. The monoisotopic (exact) mass is 419 g/mol. The van der Waals surface area contributed by atoms with Crippen LogP contribution in [0.2, 0.25) is 0 Å². The summed E-state index contributed by atoms with van der Waals surface area (Å²) in [6, 6.07) is 14.1. The van der Waals surface area contributed by atoms with E-state index in [2.05, 4.69) is 27.1 Å². The molecule has 7 nitrogen and oxygen atoms in total. The Morgan fingerprint density at radius 2 is 2.16 bits per heavy atom. The number of rotatable bonds is 6. The number of aromatic amines is 1. The van der Waals surface area contributed by atoms with Crippen molar-refractivity contribution in [2.24, 2.45) is 11.8 Å². The summed E-state index contributed by atoms with van der Waals surface area (Å²) < 4.78 is 6.05. The summed E-state index contributed by atoms with van der Waals surface area (Å²) in [6.07, 6.45) is 3.00. The van der Waals surface area contributed by atoms with Crippen molar-refractivity contribution >= 4 is 22.6 Å². The molecule has 2 aromatic heterocycles. The Bertz CT molecular complexity index is 1030. The largest absolute Gasteiger partial charge is 0.384 e. The lowest BCUT2D eigenvalue weighted by atomic mass is 10.1. The Kier molecular flexibility index (Phi) is 5.38. The van der Waals surface area contributed by atoms with Gasteiger partial charge in [-0.2, -0.15) is 0 Å². The lowest BCUT2D eigenvalue weighted by molar-refractivity contribution is -0.0619. The van der Waals surface area contributed by atoms with Gasteiger partial charge in [0, 0.05) is 48.3 Å². The first-order valence-corrected chi connectivity index (χ1v) is 11.0. The van der Waals surface area contributed by atoms with Gasteiger partial charge < -0.3 is 20.8 Å². The second kappa shape index (κ2) is 8.32. The number of hydrogen-bond acceptors (Lipinski definition) is 5. The Hall–Kier alpha value is -2.90. The van der Waals surface area contributed by atoms with Crippen LogP contribution in [0.5, 0.6) is 0 Å². The second-order valence-electron chi connectivity index (χ2n) is 8.88. The molecule has 1 aromatic carbocycles. The van der Waals surface area contributed by atoms with Gasteiger partial charge in [-0.15, -0.1) is 0 Å². The molecule has 4 N–H and O–H groups in total. The Morgan fingerprint density at radius 1 is 1.29 bits per heavy atom. The average molecular weight is 420 g/mol. The maximum Gasteiger partial charge on any atom is 0.267 e. The highest BCUT2D eigenvalue weighted by Gasteiger charge is 2.40. The third-order valence-electron chi connectivity index (χ3n) is 6.58. The molecule has 2 fully saturated rings. The van der Waals surface area contributed by atoms with Gasteiger partial charge in [-0.3, -0.25) is 9.69 Å². The number of H-pyrrole nitrogens is 1. The zero-order valence-electron chi connectivity index (χ0n) is 17.8. The van der Waals surface area contributed by atoms with Crippen LogP contribution in [0, 0.1) is 11.8 Å². The molecule has 162 valence electrons. The van der Waals surface area contributed by atoms with Crippen LogP contribution >= 0.6 is 0 Å². The van der Waals surface area contributed by atoms with Crippen LogP contribution in [-0.4, -0.2) is 53.1 Å². The summed E-state index contributed by atoms with van der Waals surface area (Å²) in [4.78, 5) is 22.4. The minimum absolute atomic E-state index is 0.0301. The molecule has 1 aliphatic heterocycles. The van der Waals surface area contributed by atoms with E-state index in [1.54, 1.807) is 0 Å². The molecule has 1 saturated heterocycles. The molecule has 1 saturated carbocycles. The summed E-state index contributed by atoms with van der Waals surface area (Å²) in [5.41, 5.74) is 8.40. The molecule has 0 unspecified atom stereocenters. The number of nitrogen functional groups attached to an aromatic ring is 1. The van der Waals surface area contributed by atoms with Crippen LogP contribution in [0.15, 0.2) is 48.7 Å². The van der Waals surface area contributed by atoms with E-state index in [1.807, 2.05) is 48.7 Å². The van der Waals surface area contributed by atoms with Crippen LogP contribution in [0.1, 0.15) is 35.5 Å². The lowest BCUT2D eigenvalue weighted by Crippen LogP contribution is -2.46. The molecule has 1 aliphatic carbocycles. The molecule has 3 aromatic rings. The van der Waals surface area contributed by atoms with Gasteiger partial charge in [-0.25, -0.2) is 4.98 Å². The third-order valence-corrected chi connectivity index (χ3v) is 6.58. The van der Waals surface area contributed by atoms with Crippen molar-refractivity contribution in [2.75, 3.05) is 32.0 Å². The fourth-order valence-corrected chi connectivity index (χ4v) is 4.47. The first-order valence-electron chi connectivity index (χ1n) is 11.0. The van der Waals surface area contributed by atoms with E-state index in [9.17, 15) is 4.79 Å². The van der Waals surface area contributed by atoms with Crippen molar-refractivity contribution in [3.8, 4) is 0 Å². The first kappa shape index (κ1) is 20.0. The van der Waals surface area contributed by atoms with Crippen LogP contribution in [0.4, 0.5) is 5.82 Å². The fourth-order valence-electron chi connectivity index (χ4n) is 4.47. The van der Waals surface area contributed by atoms with Gasteiger partial charge in [-0.1, -0.05) is 24.3 Å². The van der Waals surface area contributed by atoms with Gasteiger partial charge in [0.15, 0.2) is 0 Å². The Balaban J connectivity index is 1.12. The van der Waals surface area contributed by atoms with Gasteiger partial charge in [0.05, 0.1) is 12.7 Å². The number of pyridine rings is 1. The number of nitrogens with two attached hydrogens (primary N) is 1. The van der Waals surface area contributed by atoms with Gasteiger partial charge in [0.25, 0.3) is 5.91 Å². The highest BCUT2D eigenvalue weighted by Crippen LogP contribution is 2.40. The molecule has 2 aliphatic rings. The minimum Gasteiger partial charge on any atom is -0.384 e. The maximum absolute atomic E-state index is 12.5. The number of aromatic nitrogens is 2. The van der Waals surface area contributed by atoms with E-state index >= 15 is 0 Å². The number of nitrogens with one attached hydrogen (secondary N) is 2. The zero-order valence-corrected chi connectivity index (χ0v) is 17.8. The number of benzene rings is 1. The molecule has 1 amide bonds. The molecule has 3 heterocycles. The van der Waals surface area contributed by atoms with Crippen molar-refractivity contribution in [1.29, 1.82) is 0 Å². The highest BCUT2D eigenvalue weighted by molar-refractivity contribution is 5.97. The summed E-state index contributed by atoms with van der Waals surface area (Å²) in [5, 5.41) is 4.17. The van der Waals surface area contributed by atoms with Crippen molar-refractivity contribution < 1.29 is 9.53 Å². The zero-order chi connectivity index (χ0) is 21.4. The number of fused-ring (bicyclic) bond motifs is 1. The number of para-hydroxylation sites is 1. The third kappa shape index (κ3) is 4.43. The van der Waals surface area contributed by atoms with Crippen molar-refractivity contribution in [3.05, 3.63) is 59.9 Å². The molecular formula is C24H29N5O2. The highest BCUT2D eigenvalue weighted by atomic mass is 16.5. The standard InChI is InChI=1S/C24H29N5O2/c1-15-14-31-22(17-6-7-23(25)26-10-17)13-29(15)12-19-8-18(19)11-27-24(30)21-9-16-4-2-3-5-20(16)28-21/h2-7,9-10,15,18-19,22,28H,8,11-14H2,1H3,(H2,25,26)(H,27,30)/t15-,18-,19+,22-/m0/s1. The summed E-state index contributed by atoms with van der Waals surface area (Å²) >= 11 is 0. The average Bonchev–Trinajstić information content (AvgIpc) is 3.37. The quantitative estimate of drug-likeness (QED) is 0.571. The van der Waals surface area contributed by atoms with Gasteiger partial charge in [0.2, 0.25) is 0 Å². The normalized spacial score (nSPS) is 26.1. The molecule has 0 radical (unpaired) electrons. The fraction of sp³-hybridized carbons (Fsp3) is 0.417. The number of hydrogen-bond donors (Lipinski definition) is 3. The number of ether oxygens (including phenoxy) is 1. The summed E-state index contributed by atoms with van der Waals surface area (Å²) in [7, 11) is 0. The van der Waals surface area contributed by atoms with Crippen LogP contribution < -0.4 is 11.1 Å². The van der Waals surface area contributed by atoms with Crippen molar-refractivity contribution in [3.63, 3.8) is 0 Å². The van der Waals surface area contributed by atoms with E-state index in [0.29, 0.717) is 36.0 Å². The van der Waals surface area contributed by atoms with Crippen molar-refractivity contribution in [2.45, 2.75) is 25.5 Å². The molecule has 31 heavy (non-hydrogen) atoms. The van der Waals surface area contributed by atoms with Gasteiger partial charge >= 0.3 is 0 Å². The Labute approximate surface area is 182 Å². The molecular weight excluding hydrogens is 390 g/mol. The Morgan fingerprint density at radius 3 is 2.97 bits per heavy atom. The number of amides is 1. The summed E-state index contributed by atoms with van der Waals surface area (Å²) in [5.74, 6) is 1.66. The molecule has 5 rings (SSSR count). The predicted molar refractivity (Wildman–Crippen MR) is 121 cm³/mol. The first-order chi connectivity index (χ1) is 15.1. The van der Waals surface area contributed by atoms with Crippen LogP contribution in [-0.2, 0) is 4.74 Å². The number of carbonyl (C=O) groups excluding carboxylic acids is 1. The number of morpholine rings is 1. The number of nitrogens with zero attached hydrogens (tertiary/aromatic N) is 2. The van der Waals surface area contributed by atoms with Gasteiger partial charge in [0.1, 0.15) is 11.5 Å². The second-order valence-corrected chi connectivity index (χ2v) is 8.88. The predicted octanol–water partition coefficient (Wildman–Crippen LogP) is 2.97. The van der Waals surface area contributed by atoms with Gasteiger partial charge in [-0.05, 0) is 43.4 Å². The molecule has 7 heteroatoms. The van der Waals surface area contributed by atoms with E-state index in [4.69, 9.17) is 10.5 Å². The van der Waals surface area contributed by atoms with E-state index < -0.39 is 0 Å². The summed E-state index contributed by atoms with van der Waals surface area (Å²) in [6.45, 7) is 5.55. The van der Waals surface area contributed by atoms with Crippen LogP contribution in [0.25, 0.3) is 10.9 Å². The molecule has 0 bridgehead atoms. The van der Waals surface area contributed by atoms with E-state index in [1.165, 1.54) is 0 Å². The minimum atomic E-state index is -0.0301. The molecule has 4 atom stereocenters. The van der Waals surface area contributed by atoms with E-state index in [-0.39, 0.29) is 12.0 Å². The smallest absolute Gasteiger partial charge is 0.267 e. The van der Waals surface area contributed by atoms with E-state index in [0.717, 1.165) is 42.5 Å². The van der Waals surface area contributed by atoms with Crippen LogP contribution in [0.3, 0.4) is 0 Å². The SMILES string of the molecule is C[C@H]1CO[C@H](c2ccc(N)nc2)CN1C[C@H]1C[C@H]1CNC(=O)c1cc2ccccc2[nH]1. The molecule has 0 spiro atoms. The topological polar surface area (TPSA) is 96.3 Å². The van der Waals surface area contributed by atoms with Crippen molar-refractivity contribution in [1.82, 2.24) is 20.2 Å². The number of anilines is 1.